The second-order valence-corrected chi connectivity index (χ2v) is 6.88. The van der Waals surface area contributed by atoms with Gasteiger partial charge in [0.2, 0.25) is 0 Å². The summed E-state index contributed by atoms with van der Waals surface area (Å²) in [7, 11) is 1.29. The Kier molecular flexibility index (Phi) is 7.84. The minimum atomic E-state index is -4.80. The fraction of sp³-hybridized carbons (Fsp3) is 0.333. The maximum Gasteiger partial charge on any atom is 0.412 e. The van der Waals surface area contributed by atoms with E-state index >= 15 is 0 Å². The summed E-state index contributed by atoms with van der Waals surface area (Å²) in [5, 5.41) is 4.54. The molecule has 0 radical (unpaired) electrons. The number of carbonyl (C=O) groups excluding carboxylic acids is 2. The van der Waals surface area contributed by atoms with Gasteiger partial charge in [-0.15, -0.1) is 0 Å². The van der Waals surface area contributed by atoms with Crippen LogP contribution in [0, 0.1) is 5.82 Å². The van der Waals surface area contributed by atoms with Crippen molar-refractivity contribution in [2.24, 2.45) is 0 Å². The average Bonchev–Trinajstić information content (AvgIpc) is 2.69. The molecule has 0 saturated heterocycles. The number of nitrogens with one attached hydrogen (secondary N) is 2. The lowest BCUT2D eigenvalue weighted by molar-refractivity contribution is -0.155. The maximum atomic E-state index is 13.5. The van der Waals surface area contributed by atoms with Crippen molar-refractivity contribution >= 4 is 11.8 Å². The van der Waals surface area contributed by atoms with E-state index in [1.54, 1.807) is 13.8 Å². The van der Waals surface area contributed by atoms with Crippen LogP contribution < -0.4 is 20.1 Å². The van der Waals surface area contributed by atoms with Gasteiger partial charge in [0.05, 0.1) is 7.11 Å². The van der Waals surface area contributed by atoms with Gasteiger partial charge in [0, 0.05) is 11.6 Å². The summed E-state index contributed by atoms with van der Waals surface area (Å²) in [6.07, 6.45) is -4.80. The number of amides is 2. The number of halogens is 4. The summed E-state index contributed by atoms with van der Waals surface area (Å²) in [4.78, 5) is 24.2. The zero-order chi connectivity index (χ0) is 23.2. The number of hydrogen-bond acceptors (Lipinski definition) is 4. The molecule has 2 amide bonds. The van der Waals surface area contributed by atoms with Crippen LogP contribution in [0.5, 0.6) is 11.5 Å². The third-order valence-corrected chi connectivity index (χ3v) is 4.04. The Bertz CT molecular complexity index is 915. The molecule has 0 aliphatic heterocycles. The predicted molar refractivity (Wildman–Crippen MR) is 104 cm³/mol. The molecule has 2 aromatic carbocycles. The van der Waals surface area contributed by atoms with Crippen LogP contribution in [0.15, 0.2) is 42.5 Å². The molecule has 0 aromatic heterocycles. The molecule has 2 rings (SSSR count). The average molecular weight is 442 g/mol. The fourth-order valence-electron chi connectivity index (χ4n) is 2.66. The lowest BCUT2D eigenvalue weighted by atomic mass is 10.1. The number of alkyl halides is 3. The van der Waals surface area contributed by atoms with Gasteiger partial charge in [-0.3, -0.25) is 9.59 Å². The van der Waals surface area contributed by atoms with Crippen molar-refractivity contribution in [3.05, 3.63) is 59.4 Å². The normalized spacial score (nSPS) is 12.3. The zero-order valence-electron chi connectivity index (χ0n) is 17.0. The highest BCUT2D eigenvalue weighted by Crippen LogP contribution is 2.34. The van der Waals surface area contributed by atoms with Crippen LogP contribution in [0.3, 0.4) is 0 Å². The molecule has 2 N–H and O–H groups in total. The van der Waals surface area contributed by atoms with Gasteiger partial charge >= 0.3 is 6.18 Å². The van der Waals surface area contributed by atoms with E-state index in [1.807, 2.05) is 5.32 Å². The van der Waals surface area contributed by atoms with Crippen molar-refractivity contribution in [1.29, 1.82) is 0 Å². The van der Waals surface area contributed by atoms with Gasteiger partial charge in [-0.05, 0) is 49.7 Å². The van der Waals surface area contributed by atoms with Crippen molar-refractivity contribution in [3.8, 4) is 11.5 Å². The van der Waals surface area contributed by atoms with E-state index in [4.69, 9.17) is 9.47 Å². The molecular weight excluding hydrogens is 420 g/mol. The van der Waals surface area contributed by atoms with Gasteiger partial charge < -0.3 is 20.1 Å². The highest BCUT2D eigenvalue weighted by molar-refractivity contribution is 5.95. The van der Waals surface area contributed by atoms with E-state index < -0.39 is 23.9 Å². The summed E-state index contributed by atoms with van der Waals surface area (Å²) >= 11 is 0. The molecule has 1 atom stereocenters. The van der Waals surface area contributed by atoms with Crippen LogP contribution in [-0.2, 0) is 4.79 Å². The van der Waals surface area contributed by atoms with E-state index in [2.05, 4.69) is 5.32 Å². The summed E-state index contributed by atoms with van der Waals surface area (Å²) in [6.45, 7) is 3.26. The van der Waals surface area contributed by atoms with Gasteiger partial charge in [-0.2, -0.15) is 13.2 Å². The second kappa shape index (κ2) is 10.1. The van der Waals surface area contributed by atoms with Crippen molar-refractivity contribution in [1.82, 2.24) is 10.6 Å². The molecule has 0 fully saturated rings. The minimum absolute atomic E-state index is 0.0651. The second-order valence-electron chi connectivity index (χ2n) is 6.88. The Morgan fingerprint density at radius 1 is 1.00 bits per heavy atom. The molecule has 0 bridgehead atoms. The molecule has 31 heavy (non-hydrogen) atoms. The lowest BCUT2D eigenvalue weighted by Crippen LogP contribution is -2.38. The third kappa shape index (κ3) is 6.87. The molecule has 0 aliphatic rings. The number of rotatable bonds is 8. The standard InChI is InChI=1S/C21H22F4N2O4/c1-12(2)26-18(28)11-31-16-9-6-14(10-17(16)30-3)20(29)27-19(21(23,24)25)13-4-7-15(22)8-5-13/h4-10,12,19H,11H2,1-3H3,(H,26,28)(H,27,29). The van der Waals surface area contributed by atoms with Crippen LogP contribution >= 0.6 is 0 Å². The quantitative estimate of drug-likeness (QED) is 0.611. The van der Waals surface area contributed by atoms with Crippen LogP contribution in [0.1, 0.15) is 35.8 Å². The van der Waals surface area contributed by atoms with E-state index in [9.17, 15) is 27.2 Å². The number of hydrogen-bond donors (Lipinski definition) is 2. The molecule has 168 valence electrons. The van der Waals surface area contributed by atoms with Crippen molar-refractivity contribution in [3.63, 3.8) is 0 Å². The number of carbonyl (C=O) groups is 2. The maximum absolute atomic E-state index is 13.5. The van der Waals surface area contributed by atoms with Crippen molar-refractivity contribution < 1.29 is 36.6 Å². The molecule has 10 heteroatoms. The topological polar surface area (TPSA) is 76.7 Å². The highest BCUT2D eigenvalue weighted by Gasteiger charge is 2.42. The summed E-state index contributed by atoms with van der Waals surface area (Å²) in [5.41, 5.74) is -0.433. The van der Waals surface area contributed by atoms with Gasteiger partial charge in [0.15, 0.2) is 24.1 Å². The van der Waals surface area contributed by atoms with E-state index in [0.717, 1.165) is 24.3 Å². The smallest absolute Gasteiger partial charge is 0.412 e. The molecule has 0 heterocycles. The molecule has 0 spiro atoms. The fourth-order valence-corrected chi connectivity index (χ4v) is 2.66. The van der Waals surface area contributed by atoms with E-state index in [-0.39, 0.29) is 41.2 Å². The van der Waals surface area contributed by atoms with Gasteiger partial charge in [-0.25, -0.2) is 4.39 Å². The van der Waals surface area contributed by atoms with E-state index in [1.165, 1.54) is 25.3 Å². The van der Waals surface area contributed by atoms with Crippen molar-refractivity contribution in [2.45, 2.75) is 32.1 Å². The van der Waals surface area contributed by atoms with Gasteiger partial charge in [0.1, 0.15) is 5.82 Å². The molecule has 1 unspecified atom stereocenters. The highest BCUT2D eigenvalue weighted by atomic mass is 19.4. The third-order valence-electron chi connectivity index (χ3n) is 4.04. The molecular formula is C21H22F4N2O4. The Morgan fingerprint density at radius 2 is 1.65 bits per heavy atom. The molecule has 2 aromatic rings. The first-order valence-corrected chi connectivity index (χ1v) is 9.24. The number of ether oxygens (including phenoxy) is 2. The summed E-state index contributed by atoms with van der Waals surface area (Å²) in [6, 6.07) is 5.01. The molecule has 6 nitrogen and oxygen atoms in total. The van der Waals surface area contributed by atoms with Gasteiger partial charge in [0.25, 0.3) is 11.8 Å². The lowest BCUT2D eigenvalue weighted by Gasteiger charge is -2.22. The summed E-state index contributed by atoms with van der Waals surface area (Å²) in [5.74, 6) is -1.88. The van der Waals surface area contributed by atoms with Crippen molar-refractivity contribution in [2.75, 3.05) is 13.7 Å². The zero-order valence-corrected chi connectivity index (χ0v) is 17.0. The monoisotopic (exact) mass is 442 g/mol. The Morgan fingerprint density at radius 3 is 2.19 bits per heavy atom. The predicted octanol–water partition coefficient (Wildman–Crippen LogP) is 3.77. The van der Waals surface area contributed by atoms with Crippen LogP contribution in [0.4, 0.5) is 17.6 Å². The first-order chi connectivity index (χ1) is 14.5. The Balaban J connectivity index is 2.18. The molecule has 0 aliphatic carbocycles. The number of benzene rings is 2. The minimum Gasteiger partial charge on any atom is -0.493 e. The van der Waals surface area contributed by atoms with E-state index in [0.29, 0.717) is 0 Å². The molecule has 0 saturated carbocycles. The van der Waals surface area contributed by atoms with Crippen LogP contribution in [0.2, 0.25) is 0 Å². The first-order valence-electron chi connectivity index (χ1n) is 9.24. The summed E-state index contributed by atoms with van der Waals surface area (Å²) < 4.78 is 63.9. The Labute approximate surface area is 176 Å². The SMILES string of the molecule is COc1cc(C(=O)NC(c2ccc(F)cc2)C(F)(F)F)ccc1OCC(=O)NC(C)C. The van der Waals surface area contributed by atoms with Gasteiger partial charge in [-0.1, -0.05) is 12.1 Å². The Hall–Kier alpha value is -3.30. The first kappa shape index (κ1) is 24.0. The van der Waals surface area contributed by atoms with Crippen LogP contribution in [0.25, 0.3) is 0 Å². The van der Waals surface area contributed by atoms with Crippen LogP contribution in [-0.4, -0.2) is 37.7 Å². The number of methoxy groups -OCH3 is 1. The largest absolute Gasteiger partial charge is 0.493 e.